The lowest BCUT2D eigenvalue weighted by atomic mass is 9.62. The van der Waals surface area contributed by atoms with E-state index in [1.165, 1.54) is 83.5 Å². The fraction of sp³-hybridized carbons (Fsp3) is 0.191. The van der Waals surface area contributed by atoms with Gasteiger partial charge in [0.25, 0.3) is 0 Å². The average molecular weight is 661 g/mol. The number of fused-ring (bicyclic) bond motifs is 9. The van der Waals surface area contributed by atoms with Crippen molar-refractivity contribution in [1.29, 1.82) is 0 Å². The van der Waals surface area contributed by atoms with Crippen molar-refractivity contribution < 1.29 is 9.59 Å². The Balaban J connectivity index is 1.30. The number of hydrogen-bond donors (Lipinski definition) is 0. The first-order chi connectivity index (χ1) is 25.2. The van der Waals surface area contributed by atoms with Gasteiger partial charge in [-0.15, -0.1) is 0 Å². The number of isocyanates is 2. The second-order valence-electron chi connectivity index (χ2n) is 14.2. The average Bonchev–Trinajstić information content (AvgIpc) is 3.87. The van der Waals surface area contributed by atoms with Crippen LogP contribution in [0.5, 0.6) is 0 Å². The van der Waals surface area contributed by atoms with Crippen molar-refractivity contribution >= 4 is 12.2 Å². The highest BCUT2D eigenvalue weighted by Crippen LogP contribution is 2.53. The molecule has 3 aliphatic carbocycles. The maximum Gasteiger partial charge on any atom is 0.234 e. The highest BCUT2D eigenvalue weighted by molar-refractivity contribution is 5.82. The molecule has 246 valence electrons. The van der Waals surface area contributed by atoms with E-state index in [0.717, 1.165) is 19.3 Å². The zero-order valence-electron chi connectivity index (χ0n) is 28.4. The molecule has 0 fully saturated rings. The van der Waals surface area contributed by atoms with Crippen molar-refractivity contribution in [2.75, 3.05) is 13.1 Å². The van der Waals surface area contributed by atoms with Gasteiger partial charge in [0.1, 0.15) is 0 Å². The van der Waals surface area contributed by atoms with Crippen molar-refractivity contribution in [3.05, 3.63) is 177 Å². The van der Waals surface area contributed by atoms with Crippen molar-refractivity contribution in [1.82, 2.24) is 0 Å². The van der Waals surface area contributed by atoms with E-state index in [1.807, 2.05) is 12.2 Å². The van der Waals surface area contributed by atoms with E-state index < -0.39 is 5.41 Å². The third-order valence-electron chi connectivity index (χ3n) is 11.7. The lowest BCUT2D eigenvalue weighted by molar-refractivity contribution is 0.396. The Hall–Kier alpha value is -5.92. The highest BCUT2D eigenvalue weighted by Gasteiger charge is 2.43. The molecule has 9 rings (SSSR count). The molecule has 0 heterocycles. The summed E-state index contributed by atoms with van der Waals surface area (Å²) in [7, 11) is 0. The molecule has 4 heteroatoms. The fourth-order valence-electron chi connectivity index (χ4n) is 9.65. The molecule has 0 saturated heterocycles. The van der Waals surface area contributed by atoms with Crippen LogP contribution in [0.3, 0.4) is 0 Å². The molecule has 3 aliphatic rings. The SMILES string of the molecule is O=C=NCCC(CC(CN=C=O)c1cccc2c1Cc1ccccc1-2)(c1cccc2c1Cc1ccccc1-2)c1cccc2c1Cc1ccccc1-2. The molecule has 4 nitrogen and oxygen atoms in total. The second-order valence-corrected chi connectivity index (χ2v) is 14.2. The zero-order valence-corrected chi connectivity index (χ0v) is 28.4. The van der Waals surface area contributed by atoms with Gasteiger partial charge in [-0.1, -0.05) is 127 Å². The molecular weight excluding hydrogens is 625 g/mol. The van der Waals surface area contributed by atoms with E-state index >= 15 is 0 Å². The number of aliphatic imine (C=N–C) groups is 2. The Kier molecular flexibility index (Phi) is 7.78. The Morgan fingerprint density at radius 3 is 1.49 bits per heavy atom. The van der Waals surface area contributed by atoms with Gasteiger partial charge in [-0.25, -0.2) is 19.6 Å². The van der Waals surface area contributed by atoms with Gasteiger partial charge in [0.15, 0.2) is 0 Å². The molecule has 0 aromatic heterocycles. The minimum atomic E-state index is -0.571. The lowest BCUT2D eigenvalue weighted by Crippen LogP contribution is -2.34. The minimum absolute atomic E-state index is 0.102. The summed E-state index contributed by atoms with van der Waals surface area (Å²) in [4.78, 5) is 32.1. The molecule has 6 aromatic carbocycles. The fourth-order valence-corrected chi connectivity index (χ4v) is 9.65. The zero-order chi connectivity index (χ0) is 34.4. The van der Waals surface area contributed by atoms with Crippen LogP contribution in [-0.2, 0) is 34.3 Å². The molecule has 0 N–H and O–H groups in total. The summed E-state index contributed by atoms with van der Waals surface area (Å²) in [5.41, 5.74) is 18.7. The van der Waals surface area contributed by atoms with Crippen LogP contribution in [0, 0.1) is 0 Å². The smallest absolute Gasteiger partial charge is 0.211 e. The van der Waals surface area contributed by atoms with Crippen molar-refractivity contribution in [2.45, 2.75) is 43.4 Å². The molecule has 1 unspecified atom stereocenters. The molecular formula is C47H36N2O2. The molecule has 0 spiro atoms. The number of carbonyl (C=O) groups excluding carboxylic acids is 2. The Morgan fingerprint density at radius 2 is 0.961 bits per heavy atom. The summed E-state index contributed by atoms with van der Waals surface area (Å²) in [6.07, 6.45) is 7.53. The largest absolute Gasteiger partial charge is 0.234 e. The van der Waals surface area contributed by atoms with Gasteiger partial charge in [-0.05, 0) is 116 Å². The van der Waals surface area contributed by atoms with Crippen LogP contribution >= 0.6 is 0 Å². The summed E-state index contributed by atoms with van der Waals surface area (Å²) in [6.45, 7) is 0.651. The Labute approximate surface area is 298 Å². The summed E-state index contributed by atoms with van der Waals surface area (Å²) in [6, 6.07) is 46.2. The minimum Gasteiger partial charge on any atom is -0.211 e. The number of rotatable bonds is 10. The third kappa shape index (κ3) is 5.07. The van der Waals surface area contributed by atoms with E-state index in [9.17, 15) is 9.59 Å². The quantitative estimate of drug-likeness (QED) is 0.108. The first-order valence-electron chi connectivity index (χ1n) is 17.9. The Bertz CT molecular complexity index is 2350. The predicted octanol–water partition coefficient (Wildman–Crippen LogP) is 9.92. The van der Waals surface area contributed by atoms with E-state index in [-0.39, 0.29) is 5.92 Å². The van der Waals surface area contributed by atoms with Crippen molar-refractivity contribution in [3.8, 4) is 33.4 Å². The van der Waals surface area contributed by atoms with Crippen molar-refractivity contribution in [3.63, 3.8) is 0 Å². The van der Waals surface area contributed by atoms with Gasteiger partial charge in [0.2, 0.25) is 12.2 Å². The van der Waals surface area contributed by atoms with Gasteiger partial charge in [-0.2, -0.15) is 0 Å². The summed E-state index contributed by atoms with van der Waals surface area (Å²) in [5.74, 6) is -0.102. The number of benzene rings is 6. The molecule has 0 aliphatic heterocycles. The lowest BCUT2D eigenvalue weighted by Gasteiger charge is -2.41. The predicted molar refractivity (Wildman–Crippen MR) is 203 cm³/mol. The Morgan fingerprint density at radius 1 is 0.510 bits per heavy atom. The van der Waals surface area contributed by atoms with Gasteiger partial charge < -0.3 is 0 Å². The molecule has 1 atom stereocenters. The first kappa shape index (κ1) is 31.1. The summed E-state index contributed by atoms with van der Waals surface area (Å²) in [5, 5.41) is 0. The van der Waals surface area contributed by atoms with E-state index in [2.05, 4.69) is 137 Å². The topological polar surface area (TPSA) is 58.9 Å². The molecule has 0 saturated carbocycles. The van der Waals surface area contributed by atoms with Gasteiger partial charge >= 0.3 is 0 Å². The van der Waals surface area contributed by atoms with E-state index in [1.54, 1.807) is 0 Å². The highest BCUT2D eigenvalue weighted by atomic mass is 16.1. The first-order valence-corrected chi connectivity index (χ1v) is 17.9. The van der Waals surface area contributed by atoms with Gasteiger partial charge in [-0.3, -0.25) is 0 Å². The van der Waals surface area contributed by atoms with Gasteiger partial charge in [0, 0.05) is 11.3 Å². The van der Waals surface area contributed by atoms with Crippen LogP contribution in [0.25, 0.3) is 33.4 Å². The standard InChI is InChI=1S/C47H36N2O2/c50-29-48-23-22-47(45-20-8-18-40-36-14-5-2-11-32(36)25-43(40)45,46-21-9-19-41-37-15-6-3-12-33(37)26-44(41)46)27-34(28-49-30-51)38-16-7-17-39-35-13-4-1-10-31(35)24-42(38)39/h1-21,34H,22-28H2. The molecule has 51 heavy (non-hydrogen) atoms. The summed E-state index contributed by atoms with van der Waals surface area (Å²) < 4.78 is 0. The van der Waals surface area contributed by atoms with Gasteiger partial charge in [0.05, 0.1) is 13.1 Å². The summed E-state index contributed by atoms with van der Waals surface area (Å²) >= 11 is 0. The van der Waals surface area contributed by atoms with Crippen LogP contribution < -0.4 is 0 Å². The molecule has 6 aromatic rings. The number of hydrogen-bond acceptors (Lipinski definition) is 4. The number of nitrogens with zero attached hydrogens (tertiary/aromatic N) is 2. The maximum atomic E-state index is 11.9. The molecule has 0 radical (unpaired) electrons. The van der Waals surface area contributed by atoms with Crippen molar-refractivity contribution in [2.24, 2.45) is 9.98 Å². The van der Waals surface area contributed by atoms with Crippen LogP contribution in [0.4, 0.5) is 0 Å². The molecule has 0 bridgehead atoms. The maximum absolute atomic E-state index is 11.9. The molecule has 0 amide bonds. The normalized spacial score (nSPS) is 13.5. The van der Waals surface area contributed by atoms with E-state index in [0.29, 0.717) is 25.9 Å². The van der Waals surface area contributed by atoms with E-state index in [4.69, 9.17) is 0 Å². The van der Waals surface area contributed by atoms with Crippen LogP contribution in [0.2, 0.25) is 0 Å². The van der Waals surface area contributed by atoms with Crippen LogP contribution in [0.1, 0.15) is 68.8 Å². The van der Waals surface area contributed by atoms with Crippen LogP contribution in [-0.4, -0.2) is 25.2 Å². The third-order valence-corrected chi connectivity index (χ3v) is 11.7. The monoisotopic (exact) mass is 660 g/mol. The van der Waals surface area contributed by atoms with Crippen LogP contribution in [0.15, 0.2) is 137 Å². The second kappa shape index (κ2) is 12.8.